The van der Waals surface area contributed by atoms with E-state index in [1.165, 1.54) is 0 Å². The standard InChI is InChI=1S/La.H3N.2H2O4S/c;;2*1-5(2,3)4/h;1H3;2*(H2,1,2,3,4)/q+3;;;/p-3. The fourth-order valence-electron chi connectivity index (χ4n) is 0. The second kappa shape index (κ2) is 8.49. The Hall–Kier alpha value is 0.895. The summed E-state index contributed by atoms with van der Waals surface area (Å²) in [5, 5.41) is 0. The Morgan fingerprint density at radius 3 is 0.667 bits per heavy atom. The fourth-order valence-corrected chi connectivity index (χ4v) is 0. The molecule has 0 bridgehead atoms. The molecule has 0 aliphatic carbocycles. The maximum atomic E-state index is 8.52. The topological polar surface area (TPSA) is 197 Å². The van der Waals surface area contributed by atoms with Gasteiger partial charge in [-0.05, 0) is 0 Å². The van der Waals surface area contributed by atoms with Crippen LogP contribution >= 0.6 is 0 Å². The van der Waals surface area contributed by atoms with E-state index >= 15 is 0 Å². The molecule has 0 amide bonds. The minimum Gasteiger partial charge on any atom is -0.759 e. The van der Waals surface area contributed by atoms with Crippen molar-refractivity contribution in [2.45, 2.75) is 0 Å². The minimum absolute atomic E-state index is 0. The molecule has 0 unspecified atom stereocenters. The van der Waals surface area contributed by atoms with Gasteiger partial charge in [0.05, 0.1) is 0 Å². The summed E-state index contributed by atoms with van der Waals surface area (Å²) >= 11 is 0. The second-order valence-corrected chi connectivity index (χ2v) is 2.45. The van der Waals surface area contributed by atoms with Crippen molar-refractivity contribution in [1.29, 1.82) is 0 Å². The first-order chi connectivity index (χ1) is 4.00. The SMILES string of the molecule is O=S(=O)([O-])[O-].O=S(=O)([O-])[O-].[La+3].[NH4+]. The molecule has 0 aromatic carbocycles. The van der Waals surface area contributed by atoms with Gasteiger partial charge in [-0.1, -0.05) is 0 Å². The smallest absolute Gasteiger partial charge is 0.759 e. The number of hydrogen-bond acceptors (Lipinski definition) is 8. The van der Waals surface area contributed by atoms with Gasteiger partial charge in [0.2, 0.25) is 0 Å². The molecule has 0 fully saturated rings. The molecule has 12 heavy (non-hydrogen) atoms. The zero-order chi connectivity index (χ0) is 9.00. The van der Waals surface area contributed by atoms with Crippen LogP contribution in [0.25, 0.3) is 0 Å². The predicted molar refractivity (Wildman–Crippen MR) is 26.9 cm³/mol. The fraction of sp³-hybridized carbons (Fsp3) is 0. The van der Waals surface area contributed by atoms with Gasteiger partial charge in [-0.15, -0.1) is 0 Å². The van der Waals surface area contributed by atoms with Crippen LogP contribution in [0.1, 0.15) is 0 Å². The van der Waals surface area contributed by atoms with Crippen LogP contribution in [-0.2, 0) is 20.8 Å². The summed E-state index contributed by atoms with van der Waals surface area (Å²) in [5.74, 6) is 0. The zero-order valence-electron chi connectivity index (χ0n) is 5.66. The van der Waals surface area contributed by atoms with Crippen molar-refractivity contribution in [3.63, 3.8) is 0 Å². The molecule has 0 heterocycles. The van der Waals surface area contributed by atoms with Gasteiger partial charge in [0.25, 0.3) is 0 Å². The van der Waals surface area contributed by atoms with Crippen molar-refractivity contribution < 1.29 is 70.6 Å². The third-order valence-electron chi connectivity index (χ3n) is 0. The van der Waals surface area contributed by atoms with E-state index in [9.17, 15) is 0 Å². The summed E-state index contributed by atoms with van der Waals surface area (Å²) < 4.78 is 68.2. The maximum absolute atomic E-state index is 8.52. The van der Waals surface area contributed by atoms with E-state index < -0.39 is 20.8 Å². The van der Waals surface area contributed by atoms with Gasteiger partial charge in [-0.3, -0.25) is 16.8 Å². The molecule has 0 aromatic heterocycles. The zero-order valence-corrected chi connectivity index (χ0v) is 10.9. The largest absolute Gasteiger partial charge is 3.00 e. The van der Waals surface area contributed by atoms with E-state index in [-0.39, 0.29) is 41.7 Å². The number of rotatable bonds is 0. The van der Waals surface area contributed by atoms with E-state index in [0.29, 0.717) is 0 Å². The van der Waals surface area contributed by atoms with Crippen molar-refractivity contribution in [3.05, 3.63) is 0 Å². The third-order valence-corrected chi connectivity index (χ3v) is 0. The molecule has 0 aliphatic rings. The normalized spacial score (nSPS) is 9.67. The molecule has 0 saturated carbocycles. The van der Waals surface area contributed by atoms with E-state index in [1.54, 1.807) is 0 Å². The van der Waals surface area contributed by atoms with Crippen LogP contribution in [0, 0.1) is 35.6 Å². The van der Waals surface area contributed by atoms with Gasteiger partial charge in [-0.2, -0.15) is 0 Å². The van der Waals surface area contributed by atoms with Gasteiger partial charge in [0, 0.05) is 20.8 Å². The van der Waals surface area contributed by atoms with Crippen molar-refractivity contribution in [1.82, 2.24) is 6.15 Å². The molecular weight excluding hydrogens is 345 g/mol. The van der Waals surface area contributed by atoms with Crippen LogP contribution in [0.5, 0.6) is 0 Å². The summed E-state index contributed by atoms with van der Waals surface area (Å²) in [7, 11) is -10.3. The Balaban J connectivity index is -0.0000000457. The van der Waals surface area contributed by atoms with Crippen LogP contribution in [0.4, 0.5) is 0 Å². The van der Waals surface area contributed by atoms with Crippen LogP contribution in [0.2, 0.25) is 0 Å². The summed E-state index contributed by atoms with van der Waals surface area (Å²) in [6.07, 6.45) is 0. The Morgan fingerprint density at radius 1 is 0.667 bits per heavy atom. The molecule has 0 saturated heterocycles. The molecule has 4 N–H and O–H groups in total. The molecule has 9 nitrogen and oxygen atoms in total. The summed E-state index contributed by atoms with van der Waals surface area (Å²) in [5.41, 5.74) is 0. The quantitative estimate of drug-likeness (QED) is 0.372. The van der Waals surface area contributed by atoms with Crippen LogP contribution in [0.15, 0.2) is 0 Å². The van der Waals surface area contributed by atoms with Gasteiger partial charge < -0.3 is 24.4 Å². The predicted octanol–water partition coefficient (Wildman–Crippen LogP) is -2.30. The molecule has 12 heteroatoms. The Labute approximate surface area is 96.9 Å². The molecule has 72 valence electrons. The van der Waals surface area contributed by atoms with Crippen molar-refractivity contribution in [2.24, 2.45) is 0 Å². The van der Waals surface area contributed by atoms with Crippen molar-refractivity contribution in [2.75, 3.05) is 0 Å². The number of quaternary nitrogens is 1. The van der Waals surface area contributed by atoms with Crippen LogP contribution in [0.3, 0.4) is 0 Å². The van der Waals surface area contributed by atoms with E-state index in [4.69, 9.17) is 35.0 Å². The Kier molecular flexibility index (Phi) is 16.3. The Morgan fingerprint density at radius 2 is 0.667 bits per heavy atom. The van der Waals surface area contributed by atoms with Crippen LogP contribution < -0.4 is 6.15 Å². The molecule has 0 aliphatic heterocycles. The Bertz CT molecular complexity index is 213. The second-order valence-electron chi connectivity index (χ2n) is 0.816. The average molecular weight is 349 g/mol. The maximum Gasteiger partial charge on any atom is 3.00 e. The van der Waals surface area contributed by atoms with Crippen molar-refractivity contribution >= 4 is 20.8 Å². The first-order valence-corrected chi connectivity index (χ1v) is 4.00. The van der Waals surface area contributed by atoms with Crippen molar-refractivity contribution in [3.8, 4) is 0 Å². The van der Waals surface area contributed by atoms with E-state index in [2.05, 4.69) is 0 Å². The number of hydrogen-bond donors (Lipinski definition) is 1. The first kappa shape index (κ1) is 23.1. The molecule has 0 spiro atoms. The van der Waals surface area contributed by atoms with E-state index in [1.807, 2.05) is 0 Å². The summed E-state index contributed by atoms with van der Waals surface area (Å²) in [6, 6.07) is 0. The third kappa shape index (κ3) is 1330. The van der Waals surface area contributed by atoms with E-state index in [0.717, 1.165) is 0 Å². The van der Waals surface area contributed by atoms with Crippen LogP contribution in [-0.4, -0.2) is 35.0 Å². The van der Waals surface area contributed by atoms with Gasteiger partial charge >= 0.3 is 35.6 Å². The average Bonchev–Trinajstić information content (AvgIpc) is 1.12. The monoisotopic (exact) mass is 349 g/mol. The minimum atomic E-state index is -5.17. The molecule has 0 radical (unpaired) electrons. The first-order valence-electron chi connectivity index (χ1n) is 1.33. The summed E-state index contributed by atoms with van der Waals surface area (Å²) in [4.78, 5) is 0. The summed E-state index contributed by atoms with van der Waals surface area (Å²) in [6.45, 7) is 0. The van der Waals surface area contributed by atoms with Gasteiger partial charge in [0.15, 0.2) is 0 Å². The molecule has 0 rings (SSSR count). The van der Waals surface area contributed by atoms with Gasteiger partial charge in [-0.25, -0.2) is 0 Å². The molecular formula is H4LaNO8S2. The molecule has 0 aromatic rings. The van der Waals surface area contributed by atoms with Gasteiger partial charge in [0.1, 0.15) is 0 Å². The molecule has 0 atom stereocenters.